The van der Waals surface area contributed by atoms with Gasteiger partial charge in [-0.1, -0.05) is 46.3 Å². The van der Waals surface area contributed by atoms with Gasteiger partial charge in [0.25, 0.3) is 0 Å². The highest BCUT2D eigenvalue weighted by atomic mass is 16.8. The van der Waals surface area contributed by atoms with Crippen LogP contribution in [0, 0.1) is 45.3 Å². The zero-order valence-electron chi connectivity index (χ0n) is 33.9. The van der Waals surface area contributed by atoms with Gasteiger partial charge >= 0.3 is 0 Å². The molecule has 53 heavy (non-hydrogen) atoms. The first-order chi connectivity index (χ1) is 24.5. The molecule has 4 aliphatic carbocycles. The SMILES string of the molecule is CC(C)=CCC[C@](C)(O)C1CC[C@]2(C)C1C(O)CC1C3(C)CCC(OC4OC(C)C(O)C(O)C4OC4OC(C)C(O)C(O)C4O)C(C)(C)C3CCC12C. The third-order valence-corrected chi connectivity index (χ3v) is 16.5. The lowest BCUT2D eigenvalue weighted by molar-refractivity contribution is -0.374. The van der Waals surface area contributed by atoms with Crippen LogP contribution in [0.2, 0.25) is 0 Å². The molecule has 11 heteroatoms. The van der Waals surface area contributed by atoms with Crippen molar-refractivity contribution < 1.29 is 54.7 Å². The molecule has 4 saturated carbocycles. The van der Waals surface area contributed by atoms with Gasteiger partial charge < -0.3 is 54.7 Å². The van der Waals surface area contributed by atoms with Crippen molar-refractivity contribution in [2.45, 2.75) is 206 Å². The molecule has 6 aliphatic rings. The second-order valence-corrected chi connectivity index (χ2v) is 20.1. The lowest BCUT2D eigenvalue weighted by Crippen LogP contribution is -2.67. The van der Waals surface area contributed by atoms with Gasteiger partial charge in [0, 0.05) is 0 Å². The number of allylic oxidation sites excluding steroid dienone is 2. The summed E-state index contributed by atoms with van der Waals surface area (Å²) in [6.07, 6.45) is -3.25. The molecular formula is C42H72O11. The molecule has 0 aromatic carbocycles. The molecule has 6 fully saturated rings. The third kappa shape index (κ3) is 6.81. The molecule has 0 bridgehead atoms. The average molecular weight is 753 g/mol. The second-order valence-electron chi connectivity index (χ2n) is 20.1. The first-order valence-electron chi connectivity index (χ1n) is 20.6. The highest BCUT2D eigenvalue weighted by molar-refractivity contribution is 5.20. The molecule has 20 atom stereocenters. The van der Waals surface area contributed by atoms with Crippen LogP contribution in [-0.2, 0) is 18.9 Å². The normalized spacial score (nSPS) is 53.5. The Labute approximate surface area is 317 Å². The van der Waals surface area contributed by atoms with Gasteiger partial charge in [-0.2, -0.15) is 0 Å². The molecule has 2 saturated heterocycles. The fraction of sp³-hybridized carbons (Fsp3) is 0.952. The highest BCUT2D eigenvalue weighted by Crippen LogP contribution is 2.76. The predicted molar refractivity (Wildman–Crippen MR) is 198 cm³/mol. The van der Waals surface area contributed by atoms with Crippen LogP contribution < -0.4 is 0 Å². The van der Waals surface area contributed by atoms with E-state index >= 15 is 0 Å². The van der Waals surface area contributed by atoms with Gasteiger partial charge in [0.1, 0.15) is 36.6 Å². The van der Waals surface area contributed by atoms with Crippen molar-refractivity contribution in [3.05, 3.63) is 11.6 Å². The highest BCUT2D eigenvalue weighted by Gasteiger charge is 2.71. The molecule has 0 aromatic heterocycles. The zero-order valence-corrected chi connectivity index (χ0v) is 33.9. The minimum atomic E-state index is -1.59. The maximum absolute atomic E-state index is 12.2. The Hall–Kier alpha value is -0.700. The smallest absolute Gasteiger partial charge is 0.187 e. The Morgan fingerprint density at radius 2 is 1.34 bits per heavy atom. The van der Waals surface area contributed by atoms with Crippen LogP contribution in [0.1, 0.15) is 127 Å². The van der Waals surface area contributed by atoms with Crippen LogP contribution in [-0.4, -0.2) is 115 Å². The van der Waals surface area contributed by atoms with Crippen LogP contribution in [0.4, 0.5) is 0 Å². The summed E-state index contributed by atoms with van der Waals surface area (Å²) in [7, 11) is 0. The standard InChI is InChI=1S/C42H72O11/c1-21(2)12-11-16-42(10,49)24-13-18-41(9)29(24)25(43)20-27-39(7)17-15-28(38(5,6)26(39)14-19-40(27,41)8)52-37-35(33(47)31(45)23(4)51-37)53-36-34(48)32(46)30(44)22(3)50-36/h12,22-37,43-49H,11,13-20H2,1-10H3/t22?,23?,24?,25?,26?,27?,28?,29?,30?,31?,32?,33?,34?,35?,36?,37?,39?,40?,41-,42+/m1/s1. The average Bonchev–Trinajstić information content (AvgIpc) is 3.46. The molecule has 2 heterocycles. The van der Waals surface area contributed by atoms with Crippen molar-refractivity contribution in [1.82, 2.24) is 0 Å². The van der Waals surface area contributed by atoms with Crippen LogP contribution in [0.25, 0.3) is 0 Å². The van der Waals surface area contributed by atoms with Gasteiger partial charge in [-0.05, 0) is 138 Å². The lowest BCUT2D eigenvalue weighted by Gasteiger charge is -2.70. The Balaban J connectivity index is 1.22. The summed E-state index contributed by atoms with van der Waals surface area (Å²) in [6, 6.07) is 0. The molecule has 0 amide bonds. The van der Waals surface area contributed by atoms with E-state index in [1.165, 1.54) is 5.57 Å². The zero-order chi connectivity index (χ0) is 39.2. The van der Waals surface area contributed by atoms with Gasteiger partial charge in [-0.15, -0.1) is 0 Å². The number of aliphatic hydroxyl groups is 7. The van der Waals surface area contributed by atoms with Crippen LogP contribution >= 0.6 is 0 Å². The molecule has 306 valence electrons. The largest absolute Gasteiger partial charge is 0.393 e. The van der Waals surface area contributed by atoms with E-state index in [1.54, 1.807) is 13.8 Å². The number of rotatable bonds is 8. The first kappa shape index (κ1) is 41.9. The van der Waals surface area contributed by atoms with Crippen molar-refractivity contribution >= 4 is 0 Å². The molecule has 0 aromatic rings. The van der Waals surface area contributed by atoms with Gasteiger partial charge in [-0.25, -0.2) is 0 Å². The Bertz CT molecular complexity index is 1330. The maximum Gasteiger partial charge on any atom is 0.187 e. The van der Waals surface area contributed by atoms with Crippen molar-refractivity contribution in [2.24, 2.45) is 45.3 Å². The molecule has 0 radical (unpaired) electrons. The first-order valence-corrected chi connectivity index (χ1v) is 20.6. The maximum atomic E-state index is 12.2. The second kappa shape index (κ2) is 14.6. The molecule has 0 spiro atoms. The number of hydrogen-bond acceptors (Lipinski definition) is 11. The van der Waals surface area contributed by atoms with E-state index in [0.717, 1.165) is 44.9 Å². The van der Waals surface area contributed by atoms with Crippen molar-refractivity contribution in [3.8, 4) is 0 Å². The Morgan fingerprint density at radius 1 is 0.736 bits per heavy atom. The Morgan fingerprint density at radius 3 is 1.98 bits per heavy atom. The summed E-state index contributed by atoms with van der Waals surface area (Å²) < 4.78 is 24.8. The molecule has 6 rings (SSSR count). The lowest BCUT2D eigenvalue weighted by atomic mass is 9.35. The minimum Gasteiger partial charge on any atom is -0.393 e. The minimum absolute atomic E-state index is 0.00608. The molecule has 2 aliphatic heterocycles. The van der Waals surface area contributed by atoms with Crippen molar-refractivity contribution in [2.75, 3.05) is 0 Å². The Kier molecular flexibility index (Phi) is 11.5. The topological polar surface area (TPSA) is 179 Å². The summed E-state index contributed by atoms with van der Waals surface area (Å²) in [4.78, 5) is 0. The van der Waals surface area contributed by atoms with Gasteiger partial charge in [0.15, 0.2) is 12.6 Å². The molecule has 7 N–H and O–H groups in total. The quantitative estimate of drug-likeness (QED) is 0.140. The monoisotopic (exact) mass is 753 g/mol. The van der Waals surface area contributed by atoms with E-state index in [0.29, 0.717) is 12.8 Å². The molecular weight excluding hydrogens is 680 g/mol. The summed E-state index contributed by atoms with van der Waals surface area (Å²) in [5.41, 5.74) is -0.108. The fourth-order valence-corrected chi connectivity index (χ4v) is 13.2. The van der Waals surface area contributed by atoms with E-state index < -0.39 is 73.1 Å². The van der Waals surface area contributed by atoms with E-state index in [9.17, 15) is 35.7 Å². The van der Waals surface area contributed by atoms with E-state index in [1.807, 2.05) is 6.92 Å². The third-order valence-electron chi connectivity index (χ3n) is 16.5. The van der Waals surface area contributed by atoms with E-state index in [4.69, 9.17) is 18.9 Å². The van der Waals surface area contributed by atoms with Crippen LogP contribution in [0.3, 0.4) is 0 Å². The number of fused-ring (bicyclic) bond motifs is 5. The van der Waals surface area contributed by atoms with Crippen molar-refractivity contribution in [3.63, 3.8) is 0 Å². The van der Waals surface area contributed by atoms with Gasteiger partial charge in [0.05, 0.1) is 30.0 Å². The summed E-state index contributed by atoms with van der Waals surface area (Å²) in [6.45, 7) is 21.2. The van der Waals surface area contributed by atoms with Gasteiger partial charge in [0.2, 0.25) is 0 Å². The number of ether oxygens (including phenoxy) is 4. The molecule has 11 nitrogen and oxygen atoms in total. The number of aliphatic hydroxyl groups excluding tert-OH is 6. The van der Waals surface area contributed by atoms with Crippen LogP contribution in [0.5, 0.6) is 0 Å². The fourth-order valence-electron chi connectivity index (χ4n) is 13.2. The summed E-state index contributed by atoms with van der Waals surface area (Å²) in [5.74, 6) is 0.643. The summed E-state index contributed by atoms with van der Waals surface area (Å²) >= 11 is 0. The predicted octanol–water partition coefficient (Wildman–Crippen LogP) is 4.20. The summed E-state index contributed by atoms with van der Waals surface area (Å²) in [5, 5.41) is 77.5. The molecule has 18 unspecified atom stereocenters. The van der Waals surface area contributed by atoms with E-state index in [-0.39, 0.29) is 51.4 Å². The van der Waals surface area contributed by atoms with Crippen molar-refractivity contribution in [1.29, 1.82) is 0 Å². The van der Waals surface area contributed by atoms with E-state index in [2.05, 4.69) is 54.5 Å². The number of hydrogen-bond donors (Lipinski definition) is 7. The van der Waals surface area contributed by atoms with Gasteiger partial charge in [-0.3, -0.25) is 0 Å². The van der Waals surface area contributed by atoms with Crippen LogP contribution in [0.15, 0.2) is 11.6 Å².